The molecule has 4 aliphatic heterocycles. The molecule has 2 aromatic rings. The molecule has 2 bridgehead atoms. The van der Waals surface area contributed by atoms with Crippen molar-refractivity contribution < 1.29 is 33.3 Å². The second-order valence-corrected chi connectivity index (χ2v) is 8.45. The van der Waals surface area contributed by atoms with Crippen LogP contribution in [0, 0.1) is 11.8 Å². The van der Waals surface area contributed by atoms with Crippen molar-refractivity contribution in [3.63, 3.8) is 0 Å². The van der Waals surface area contributed by atoms with Crippen LogP contribution in [-0.2, 0) is 14.3 Å². The molecule has 2 saturated heterocycles. The molecule has 1 N–H and O–H groups in total. The number of carbonyl (C=O) groups is 2. The number of nitrogens with zero attached hydrogens (tertiary/aromatic N) is 1. The van der Waals surface area contributed by atoms with Gasteiger partial charge < -0.3 is 33.9 Å². The Labute approximate surface area is 189 Å². The zero-order valence-corrected chi connectivity index (χ0v) is 18.1. The highest BCUT2D eigenvalue weighted by Crippen LogP contribution is 2.53. The van der Waals surface area contributed by atoms with Crippen LogP contribution in [0.4, 0.5) is 11.4 Å². The number of carbonyl (C=O) groups excluding carboxylic acids is 2. The van der Waals surface area contributed by atoms with Gasteiger partial charge in [0.25, 0.3) is 0 Å². The average molecular weight is 450 g/mol. The Morgan fingerprint density at radius 2 is 1.85 bits per heavy atom. The summed E-state index contributed by atoms with van der Waals surface area (Å²) in [5.74, 6) is 0.636. The molecule has 4 heterocycles. The zero-order chi connectivity index (χ0) is 22.7. The zero-order valence-electron chi connectivity index (χ0n) is 18.1. The van der Waals surface area contributed by atoms with Crippen molar-refractivity contribution in [2.45, 2.75) is 11.7 Å². The average Bonchev–Trinajstić information content (AvgIpc) is 3.58. The SMILES string of the molecule is COc1cc(NC(=O)[C@H]2[C@@H]3C=C[C@]4(CN(c5ccc6c(c5)OCO6)C(=O)[C@@H]24)O3)cc(OC)c1. The maximum absolute atomic E-state index is 13.6. The number of anilines is 2. The summed E-state index contributed by atoms with van der Waals surface area (Å²) in [5, 5.41) is 2.92. The fourth-order valence-electron chi connectivity index (χ4n) is 5.17. The molecule has 0 aliphatic carbocycles. The van der Waals surface area contributed by atoms with Gasteiger partial charge >= 0.3 is 0 Å². The Bertz CT molecular complexity index is 1170. The summed E-state index contributed by atoms with van der Waals surface area (Å²) in [5.41, 5.74) is 0.381. The summed E-state index contributed by atoms with van der Waals surface area (Å²) >= 11 is 0. The van der Waals surface area contributed by atoms with Gasteiger partial charge in [-0.25, -0.2) is 0 Å². The van der Waals surface area contributed by atoms with Crippen LogP contribution in [0.1, 0.15) is 0 Å². The largest absolute Gasteiger partial charge is 0.497 e. The van der Waals surface area contributed by atoms with Crippen LogP contribution in [0.3, 0.4) is 0 Å². The third-order valence-corrected chi connectivity index (χ3v) is 6.69. The summed E-state index contributed by atoms with van der Waals surface area (Å²) < 4.78 is 27.6. The molecule has 6 rings (SSSR count). The Morgan fingerprint density at radius 3 is 2.61 bits per heavy atom. The summed E-state index contributed by atoms with van der Waals surface area (Å²) in [7, 11) is 3.08. The van der Waals surface area contributed by atoms with Crippen molar-refractivity contribution in [3.8, 4) is 23.0 Å². The maximum Gasteiger partial charge on any atom is 0.234 e. The number of amides is 2. The molecule has 0 saturated carbocycles. The summed E-state index contributed by atoms with van der Waals surface area (Å²) in [6.07, 6.45) is 3.35. The number of hydrogen-bond donors (Lipinski definition) is 1. The van der Waals surface area contributed by atoms with E-state index in [1.807, 2.05) is 18.2 Å². The first-order valence-corrected chi connectivity index (χ1v) is 10.6. The van der Waals surface area contributed by atoms with E-state index in [1.165, 1.54) is 0 Å². The standard InChI is InChI=1S/C24H22N2O7/c1-29-15-7-13(8-16(10-15)30-2)25-22(27)20-18-5-6-24(33-18)11-26(23(28)21(20)24)14-3-4-17-19(9-14)32-12-31-17/h3-10,18,20-21H,11-12H2,1-2H3,(H,25,27)/t18-,20-,21+,24+/m0/s1. The molecule has 170 valence electrons. The number of rotatable bonds is 5. The molecular weight excluding hydrogens is 428 g/mol. The quantitative estimate of drug-likeness (QED) is 0.699. The van der Waals surface area contributed by atoms with Gasteiger partial charge in [-0.1, -0.05) is 12.2 Å². The lowest BCUT2D eigenvalue weighted by Gasteiger charge is -2.23. The van der Waals surface area contributed by atoms with E-state index in [0.717, 1.165) is 0 Å². The first-order chi connectivity index (χ1) is 16.0. The van der Waals surface area contributed by atoms with Crippen molar-refractivity contribution in [2.75, 3.05) is 37.8 Å². The van der Waals surface area contributed by atoms with Gasteiger partial charge in [-0.15, -0.1) is 0 Å². The molecule has 0 aromatic heterocycles. The molecule has 2 aromatic carbocycles. The number of ether oxygens (including phenoxy) is 5. The Balaban J connectivity index is 1.28. The number of methoxy groups -OCH3 is 2. The molecule has 9 nitrogen and oxygen atoms in total. The topological polar surface area (TPSA) is 95.6 Å². The monoisotopic (exact) mass is 450 g/mol. The number of benzene rings is 2. The van der Waals surface area contributed by atoms with Gasteiger partial charge in [-0.3, -0.25) is 9.59 Å². The van der Waals surface area contributed by atoms with E-state index in [9.17, 15) is 9.59 Å². The predicted molar refractivity (Wildman–Crippen MR) is 117 cm³/mol. The molecule has 1 spiro atoms. The van der Waals surface area contributed by atoms with Gasteiger partial charge in [0.05, 0.1) is 38.7 Å². The van der Waals surface area contributed by atoms with Crippen molar-refractivity contribution in [1.29, 1.82) is 0 Å². The molecule has 2 amide bonds. The number of fused-ring (bicyclic) bond motifs is 2. The fraction of sp³-hybridized carbons (Fsp3) is 0.333. The first kappa shape index (κ1) is 19.9. The van der Waals surface area contributed by atoms with Crippen LogP contribution < -0.4 is 29.2 Å². The molecule has 4 aliphatic rings. The normalized spacial score (nSPS) is 28.2. The van der Waals surface area contributed by atoms with Crippen LogP contribution >= 0.6 is 0 Å². The third kappa shape index (κ3) is 2.96. The Hall–Kier alpha value is -3.72. The fourth-order valence-corrected chi connectivity index (χ4v) is 5.17. The van der Waals surface area contributed by atoms with Crippen LogP contribution in [0.2, 0.25) is 0 Å². The first-order valence-electron chi connectivity index (χ1n) is 10.6. The summed E-state index contributed by atoms with van der Waals surface area (Å²) in [6, 6.07) is 10.5. The van der Waals surface area contributed by atoms with Crippen molar-refractivity contribution in [3.05, 3.63) is 48.6 Å². The molecular formula is C24H22N2O7. The number of nitrogens with one attached hydrogen (secondary N) is 1. The highest BCUT2D eigenvalue weighted by molar-refractivity contribution is 6.05. The molecule has 9 heteroatoms. The van der Waals surface area contributed by atoms with Crippen LogP contribution in [0.15, 0.2) is 48.6 Å². The smallest absolute Gasteiger partial charge is 0.234 e. The van der Waals surface area contributed by atoms with Gasteiger partial charge in [0.2, 0.25) is 18.6 Å². The minimum atomic E-state index is -0.827. The van der Waals surface area contributed by atoms with Gasteiger partial charge in [-0.2, -0.15) is 0 Å². The van der Waals surface area contributed by atoms with E-state index in [0.29, 0.717) is 40.9 Å². The van der Waals surface area contributed by atoms with Gasteiger partial charge in [0.15, 0.2) is 11.5 Å². The second-order valence-electron chi connectivity index (χ2n) is 8.45. The van der Waals surface area contributed by atoms with E-state index < -0.39 is 23.5 Å². The lowest BCUT2D eigenvalue weighted by molar-refractivity contribution is -0.128. The molecule has 33 heavy (non-hydrogen) atoms. The highest BCUT2D eigenvalue weighted by atomic mass is 16.7. The second kappa shape index (κ2) is 7.14. The van der Waals surface area contributed by atoms with E-state index in [4.69, 9.17) is 23.7 Å². The van der Waals surface area contributed by atoms with Crippen molar-refractivity contribution in [1.82, 2.24) is 0 Å². The van der Waals surface area contributed by atoms with Crippen LogP contribution in [-0.4, -0.2) is 51.1 Å². The highest BCUT2D eigenvalue weighted by Gasteiger charge is 2.67. The minimum absolute atomic E-state index is 0.149. The van der Waals surface area contributed by atoms with Crippen LogP contribution in [0.5, 0.6) is 23.0 Å². The van der Waals surface area contributed by atoms with E-state index in [-0.39, 0.29) is 18.6 Å². The van der Waals surface area contributed by atoms with E-state index >= 15 is 0 Å². The summed E-state index contributed by atoms with van der Waals surface area (Å²) in [6.45, 7) is 0.490. The van der Waals surface area contributed by atoms with Crippen LogP contribution in [0.25, 0.3) is 0 Å². The van der Waals surface area contributed by atoms with Gasteiger partial charge in [-0.05, 0) is 12.1 Å². The molecule has 0 unspecified atom stereocenters. The van der Waals surface area contributed by atoms with Gasteiger partial charge in [0, 0.05) is 35.6 Å². The van der Waals surface area contributed by atoms with Crippen molar-refractivity contribution in [2.24, 2.45) is 11.8 Å². The van der Waals surface area contributed by atoms with E-state index in [2.05, 4.69) is 5.32 Å². The third-order valence-electron chi connectivity index (χ3n) is 6.69. The predicted octanol–water partition coefficient (Wildman–Crippen LogP) is 2.36. The molecule has 0 radical (unpaired) electrons. The summed E-state index contributed by atoms with van der Waals surface area (Å²) in [4.78, 5) is 28.6. The maximum atomic E-state index is 13.6. The number of hydrogen-bond acceptors (Lipinski definition) is 7. The minimum Gasteiger partial charge on any atom is -0.497 e. The molecule has 4 atom stereocenters. The van der Waals surface area contributed by atoms with E-state index in [1.54, 1.807) is 49.5 Å². The lowest BCUT2D eigenvalue weighted by Crippen LogP contribution is -2.41. The van der Waals surface area contributed by atoms with Gasteiger partial charge in [0.1, 0.15) is 17.1 Å². The van der Waals surface area contributed by atoms with Crippen molar-refractivity contribution >= 4 is 23.2 Å². The Morgan fingerprint density at radius 1 is 1.09 bits per heavy atom. The lowest BCUT2D eigenvalue weighted by atomic mass is 9.77. The Kier molecular flexibility index (Phi) is 4.31. The molecule has 2 fully saturated rings.